The number of hydrogen-bond donors (Lipinski definition) is 1. The Morgan fingerprint density at radius 1 is 1.32 bits per heavy atom. The van der Waals surface area contributed by atoms with Crippen molar-refractivity contribution in [3.8, 4) is 0 Å². The van der Waals surface area contributed by atoms with E-state index in [1.54, 1.807) is 11.3 Å². The molecular weight excluding hydrogens is 320 g/mol. The number of rotatable bonds is 7. The molecule has 4 heteroatoms. The van der Waals surface area contributed by atoms with Crippen LogP contribution < -0.4 is 5.32 Å². The van der Waals surface area contributed by atoms with Crippen LogP contribution in [0.4, 0.5) is 0 Å². The van der Waals surface area contributed by atoms with Crippen LogP contribution in [0.25, 0.3) is 0 Å². The van der Waals surface area contributed by atoms with Gasteiger partial charge in [-0.15, -0.1) is 11.3 Å². The van der Waals surface area contributed by atoms with E-state index >= 15 is 0 Å². The average molecular weight is 339 g/mol. The lowest BCUT2D eigenvalue weighted by Gasteiger charge is -2.17. The first kappa shape index (κ1) is 14.7. The van der Waals surface area contributed by atoms with E-state index in [2.05, 4.69) is 57.4 Å². The van der Waals surface area contributed by atoms with Gasteiger partial charge in [-0.25, -0.2) is 4.98 Å². The van der Waals surface area contributed by atoms with Crippen molar-refractivity contribution < 1.29 is 0 Å². The molecule has 0 fully saturated rings. The smallest absolute Gasteiger partial charge is 0.0931 e. The van der Waals surface area contributed by atoms with Crippen LogP contribution in [0.5, 0.6) is 0 Å². The summed E-state index contributed by atoms with van der Waals surface area (Å²) in [7, 11) is 0. The van der Waals surface area contributed by atoms with Gasteiger partial charge in [-0.1, -0.05) is 35.0 Å². The zero-order valence-corrected chi connectivity index (χ0v) is 13.5. The maximum Gasteiger partial charge on any atom is 0.0931 e. The Hall–Kier alpha value is -0.710. The number of nitrogens with zero attached hydrogens (tertiary/aromatic N) is 1. The highest BCUT2D eigenvalue weighted by Gasteiger charge is 2.13. The summed E-state index contributed by atoms with van der Waals surface area (Å²) in [6, 6.07) is 8.64. The number of halogens is 1. The number of benzene rings is 1. The van der Waals surface area contributed by atoms with Gasteiger partial charge in [-0.05, 0) is 30.7 Å². The summed E-state index contributed by atoms with van der Waals surface area (Å²) in [5.74, 6) is 0.491. The summed E-state index contributed by atoms with van der Waals surface area (Å²) in [4.78, 5) is 4.41. The molecule has 102 valence electrons. The van der Waals surface area contributed by atoms with Crippen molar-refractivity contribution in [2.24, 2.45) is 0 Å². The van der Waals surface area contributed by atoms with Crippen molar-refractivity contribution in [1.82, 2.24) is 10.3 Å². The van der Waals surface area contributed by atoms with Crippen LogP contribution in [0, 0.1) is 0 Å². The monoisotopic (exact) mass is 338 g/mol. The van der Waals surface area contributed by atoms with Crippen LogP contribution in [0.3, 0.4) is 0 Å². The van der Waals surface area contributed by atoms with Crippen LogP contribution >= 0.6 is 27.3 Å². The normalized spacial score (nSPS) is 12.5. The van der Waals surface area contributed by atoms with E-state index < -0.39 is 0 Å². The van der Waals surface area contributed by atoms with Crippen molar-refractivity contribution in [2.75, 3.05) is 13.1 Å². The number of nitrogens with one attached hydrogen (secondary N) is 1. The molecule has 1 heterocycles. The zero-order valence-electron chi connectivity index (χ0n) is 11.1. The summed E-state index contributed by atoms with van der Waals surface area (Å²) < 4.78 is 1.13. The zero-order chi connectivity index (χ0) is 13.5. The van der Waals surface area contributed by atoms with Crippen molar-refractivity contribution in [1.29, 1.82) is 0 Å². The Balaban J connectivity index is 2.06. The standard InChI is InChI=1S/C15H19BrN2S/c1-2-7-17-11-13(10-15-18-8-9-19-15)12-3-5-14(16)6-4-12/h3-6,8-9,13,17H,2,7,10-11H2,1H3. The first-order valence-corrected chi connectivity index (χ1v) is 8.31. The third-order valence-electron chi connectivity index (χ3n) is 3.06. The highest BCUT2D eigenvalue weighted by atomic mass is 79.9. The number of hydrogen-bond acceptors (Lipinski definition) is 3. The highest BCUT2D eigenvalue weighted by Crippen LogP contribution is 2.23. The first-order valence-electron chi connectivity index (χ1n) is 6.64. The molecule has 2 rings (SSSR count). The molecule has 1 N–H and O–H groups in total. The van der Waals surface area contributed by atoms with Gasteiger partial charge >= 0.3 is 0 Å². The minimum atomic E-state index is 0.491. The summed E-state index contributed by atoms with van der Waals surface area (Å²) in [5, 5.41) is 6.79. The molecule has 0 aliphatic heterocycles. The van der Waals surface area contributed by atoms with E-state index in [1.165, 1.54) is 17.0 Å². The van der Waals surface area contributed by atoms with Gasteiger partial charge < -0.3 is 5.32 Å². The summed E-state index contributed by atoms with van der Waals surface area (Å²) in [6.07, 6.45) is 4.07. The Labute approximate surface area is 127 Å². The SMILES string of the molecule is CCCNCC(Cc1nccs1)c1ccc(Br)cc1. The molecule has 0 spiro atoms. The molecular formula is C15H19BrN2S. The molecule has 1 aromatic carbocycles. The van der Waals surface area contributed by atoms with Gasteiger partial charge in [0.2, 0.25) is 0 Å². The lowest BCUT2D eigenvalue weighted by molar-refractivity contribution is 0.575. The molecule has 0 saturated carbocycles. The van der Waals surface area contributed by atoms with Crippen LogP contribution in [0.1, 0.15) is 29.8 Å². The number of thiazole rings is 1. The minimum absolute atomic E-state index is 0.491. The molecule has 0 aliphatic carbocycles. The quantitative estimate of drug-likeness (QED) is 0.764. The number of aromatic nitrogens is 1. The van der Waals surface area contributed by atoms with Crippen LogP contribution in [-0.4, -0.2) is 18.1 Å². The van der Waals surface area contributed by atoms with Gasteiger partial charge in [0.1, 0.15) is 0 Å². The molecule has 19 heavy (non-hydrogen) atoms. The highest BCUT2D eigenvalue weighted by molar-refractivity contribution is 9.10. The van der Waals surface area contributed by atoms with E-state index in [1.807, 2.05) is 11.6 Å². The van der Waals surface area contributed by atoms with Gasteiger partial charge in [-0.2, -0.15) is 0 Å². The fraction of sp³-hybridized carbons (Fsp3) is 0.400. The van der Waals surface area contributed by atoms with Crippen LogP contribution in [0.2, 0.25) is 0 Å². The van der Waals surface area contributed by atoms with Gasteiger partial charge in [0.25, 0.3) is 0 Å². The average Bonchev–Trinajstić information content (AvgIpc) is 2.92. The summed E-state index contributed by atoms with van der Waals surface area (Å²) in [5.41, 5.74) is 1.38. The second kappa shape index (κ2) is 7.78. The second-order valence-corrected chi connectivity index (χ2v) is 6.48. The molecule has 0 saturated heterocycles. The molecule has 0 radical (unpaired) electrons. The lowest BCUT2D eigenvalue weighted by Crippen LogP contribution is -2.23. The van der Waals surface area contributed by atoms with E-state index in [0.29, 0.717) is 5.92 Å². The van der Waals surface area contributed by atoms with Crippen LogP contribution in [-0.2, 0) is 6.42 Å². The third-order valence-corrected chi connectivity index (χ3v) is 4.39. The Bertz CT molecular complexity index is 467. The summed E-state index contributed by atoms with van der Waals surface area (Å²) in [6.45, 7) is 4.28. The van der Waals surface area contributed by atoms with E-state index in [-0.39, 0.29) is 0 Å². The maximum absolute atomic E-state index is 4.41. The predicted octanol–water partition coefficient (Wildman–Crippen LogP) is 4.23. The van der Waals surface area contributed by atoms with Gasteiger partial charge in [0, 0.05) is 34.9 Å². The Morgan fingerprint density at radius 2 is 2.11 bits per heavy atom. The molecule has 0 amide bonds. The second-order valence-electron chi connectivity index (χ2n) is 4.58. The maximum atomic E-state index is 4.41. The topological polar surface area (TPSA) is 24.9 Å². The molecule has 2 aromatic rings. The molecule has 1 atom stereocenters. The molecule has 2 nitrogen and oxygen atoms in total. The molecule has 1 unspecified atom stereocenters. The van der Waals surface area contributed by atoms with E-state index in [0.717, 1.165) is 24.0 Å². The molecule has 1 aromatic heterocycles. The Morgan fingerprint density at radius 3 is 2.74 bits per heavy atom. The van der Waals surface area contributed by atoms with Crippen molar-refractivity contribution >= 4 is 27.3 Å². The van der Waals surface area contributed by atoms with Gasteiger partial charge in [-0.3, -0.25) is 0 Å². The summed E-state index contributed by atoms with van der Waals surface area (Å²) >= 11 is 5.23. The lowest BCUT2D eigenvalue weighted by atomic mass is 9.96. The van der Waals surface area contributed by atoms with Crippen molar-refractivity contribution in [3.05, 3.63) is 50.9 Å². The van der Waals surface area contributed by atoms with Crippen molar-refractivity contribution in [3.63, 3.8) is 0 Å². The Kier molecular flexibility index (Phi) is 6.01. The third kappa shape index (κ3) is 4.71. The van der Waals surface area contributed by atoms with Crippen molar-refractivity contribution in [2.45, 2.75) is 25.7 Å². The largest absolute Gasteiger partial charge is 0.316 e. The van der Waals surface area contributed by atoms with E-state index in [4.69, 9.17) is 0 Å². The van der Waals surface area contributed by atoms with Crippen LogP contribution in [0.15, 0.2) is 40.3 Å². The molecule has 0 aliphatic rings. The fourth-order valence-electron chi connectivity index (χ4n) is 2.06. The fourth-order valence-corrected chi connectivity index (χ4v) is 3.02. The first-order chi connectivity index (χ1) is 9.29. The van der Waals surface area contributed by atoms with E-state index in [9.17, 15) is 0 Å². The minimum Gasteiger partial charge on any atom is -0.316 e. The molecule has 0 bridgehead atoms. The van der Waals surface area contributed by atoms with Gasteiger partial charge in [0.15, 0.2) is 0 Å². The van der Waals surface area contributed by atoms with Gasteiger partial charge in [0.05, 0.1) is 5.01 Å². The predicted molar refractivity (Wildman–Crippen MR) is 85.9 cm³/mol.